The Bertz CT molecular complexity index is 1130. The van der Waals surface area contributed by atoms with Crippen LogP contribution in [-0.2, 0) is 13.6 Å². The minimum atomic E-state index is -0.690. The van der Waals surface area contributed by atoms with Gasteiger partial charge in [0.25, 0.3) is 11.2 Å². The second-order valence-electron chi connectivity index (χ2n) is 6.00. The summed E-state index contributed by atoms with van der Waals surface area (Å²) in [6.07, 6.45) is 2.01. The van der Waals surface area contributed by atoms with E-state index in [2.05, 4.69) is 5.32 Å². The van der Waals surface area contributed by atoms with Gasteiger partial charge in [0.15, 0.2) is 0 Å². The summed E-state index contributed by atoms with van der Waals surface area (Å²) in [5.74, 6) is -0.433. The van der Waals surface area contributed by atoms with E-state index >= 15 is 0 Å². The number of hydrogen-bond acceptors (Lipinski definition) is 6. The fraction of sp³-hybridized carbons (Fsp3) is 0.235. The number of fused-ring (bicyclic) bond motifs is 1. The first-order valence-electron chi connectivity index (χ1n) is 8.07. The molecule has 1 aromatic heterocycles. The highest BCUT2D eigenvalue weighted by Gasteiger charge is 2.32. The molecule has 1 aliphatic rings. The number of ketones is 1. The molecule has 1 aromatic carbocycles. The topological polar surface area (TPSA) is 116 Å². The molecule has 0 unspecified atom stereocenters. The predicted octanol–water partition coefficient (Wildman–Crippen LogP) is 2.17. The zero-order valence-corrected chi connectivity index (χ0v) is 15.2. The molecule has 2 aromatic rings. The molecule has 0 radical (unpaired) electrons. The van der Waals surface area contributed by atoms with E-state index in [9.17, 15) is 24.5 Å². The van der Waals surface area contributed by atoms with Gasteiger partial charge in [-0.3, -0.25) is 28.8 Å². The van der Waals surface area contributed by atoms with Crippen LogP contribution in [0, 0.1) is 10.1 Å². The summed E-state index contributed by atoms with van der Waals surface area (Å²) in [5, 5.41) is 13.8. The van der Waals surface area contributed by atoms with Crippen molar-refractivity contribution in [1.29, 1.82) is 0 Å². The van der Waals surface area contributed by atoms with Crippen LogP contribution >= 0.6 is 11.6 Å². The number of rotatable bonds is 4. The Morgan fingerprint density at radius 2 is 2.00 bits per heavy atom. The Kier molecular flexibility index (Phi) is 4.71. The second kappa shape index (κ2) is 6.84. The molecule has 2 heterocycles. The lowest BCUT2D eigenvalue weighted by atomic mass is 10.1. The normalized spacial score (nSPS) is 14.3. The number of Topliss-reactive ketones (excluding diaryl/α,β-unsaturated/α-hetero) is 1. The summed E-state index contributed by atoms with van der Waals surface area (Å²) in [5.41, 5.74) is -1.23. The van der Waals surface area contributed by atoms with Gasteiger partial charge in [0.05, 0.1) is 10.6 Å². The highest BCUT2D eigenvalue weighted by Crippen LogP contribution is 2.29. The van der Waals surface area contributed by atoms with Crippen molar-refractivity contribution >= 4 is 35.0 Å². The SMILES string of the molecule is CCCn1c2c(c(=O)n(C)c1=O)C(=O)/C(=C/c1ccc(Cl)c([N+](=O)[O-])c1)N2. The molecule has 0 saturated carbocycles. The first-order chi connectivity index (χ1) is 12.8. The zero-order chi connectivity index (χ0) is 19.9. The lowest BCUT2D eigenvalue weighted by Crippen LogP contribution is -2.40. The minimum absolute atomic E-state index is 0.0261. The van der Waals surface area contributed by atoms with E-state index in [4.69, 9.17) is 11.6 Å². The van der Waals surface area contributed by atoms with E-state index in [1.807, 2.05) is 6.92 Å². The quantitative estimate of drug-likeness (QED) is 0.485. The number of anilines is 1. The molecule has 27 heavy (non-hydrogen) atoms. The van der Waals surface area contributed by atoms with Crippen LogP contribution in [0.3, 0.4) is 0 Å². The molecule has 1 N–H and O–H groups in total. The second-order valence-corrected chi connectivity index (χ2v) is 6.41. The van der Waals surface area contributed by atoms with E-state index in [0.717, 1.165) is 4.57 Å². The van der Waals surface area contributed by atoms with Crippen LogP contribution in [0.1, 0.15) is 29.3 Å². The number of halogens is 1. The van der Waals surface area contributed by atoms with Crippen molar-refractivity contribution in [1.82, 2.24) is 9.13 Å². The van der Waals surface area contributed by atoms with Gasteiger partial charge in [0.1, 0.15) is 16.4 Å². The molecule has 3 rings (SSSR count). The molecular weight excluding hydrogens is 376 g/mol. The summed E-state index contributed by atoms with van der Waals surface area (Å²) in [4.78, 5) is 47.8. The number of nitrogens with zero attached hydrogens (tertiary/aromatic N) is 3. The number of carbonyl (C=O) groups is 1. The van der Waals surface area contributed by atoms with Crippen molar-refractivity contribution < 1.29 is 9.72 Å². The number of benzene rings is 1. The van der Waals surface area contributed by atoms with Gasteiger partial charge in [0.2, 0.25) is 5.78 Å². The maximum Gasteiger partial charge on any atom is 0.332 e. The smallest absolute Gasteiger partial charge is 0.332 e. The Morgan fingerprint density at radius 1 is 1.30 bits per heavy atom. The molecule has 9 nitrogen and oxygen atoms in total. The molecule has 0 saturated heterocycles. The van der Waals surface area contributed by atoms with Gasteiger partial charge in [-0.1, -0.05) is 24.6 Å². The monoisotopic (exact) mass is 390 g/mol. The fourth-order valence-electron chi connectivity index (χ4n) is 2.88. The lowest BCUT2D eigenvalue weighted by Gasteiger charge is -2.11. The summed E-state index contributed by atoms with van der Waals surface area (Å²) in [7, 11) is 1.31. The minimum Gasteiger partial charge on any atom is -0.338 e. The van der Waals surface area contributed by atoms with Crippen LogP contribution in [0.2, 0.25) is 5.02 Å². The highest BCUT2D eigenvalue weighted by atomic mass is 35.5. The third kappa shape index (κ3) is 3.06. The first-order valence-corrected chi connectivity index (χ1v) is 8.45. The summed E-state index contributed by atoms with van der Waals surface area (Å²) in [6.45, 7) is 2.19. The van der Waals surface area contributed by atoms with Crippen LogP contribution in [0.15, 0.2) is 33.5 Å². The van der Waals surface area contributed by atoms with E-state index in [1.54, 1.807) is 0 Å². The molecule has 10 heteroatoms. The van der Waals surface area contributed by atoms with Crippen molar-refractivity contribution in [3.63, 3.8) is 0 Å². The number of allylic oxidation sites excluding steroid dienone is 1. The van der Waals surface area contributed by atoms with Gasteiger partial charge in [-0.05, 0) is 24.1 Å². The zero-order valence-electron chi connectivity index (χ0n) is 14.5. The molecule has 0 aliphatic carbocycles. The maximum atomic E-state index is 12.7. The van der Waals surface area contributed by atoms with Gasteiger partial charge >= 0.3 is 5.69 Å². The molecule has 0 bridgehead atoms. The molecule has 0 atom stereocenters. The standard InChI is InChI=1S/C17H15ClN4O5/c1-3-6-21-15-13(16(24)20(2)17(21)25)14(23)11(19-15)7-9-4-5-10(18)12(8-9)22(26)27/h4-5,7-8,19H,3,6H2,1-2H3/b11-7-. The number of nitro benzene ring substituents is 1. The third-order valence-electron chi connectivity index (χ3n) is 4.19. The van der Waals surface area contributed by atoms with E-state index < -0.39 is 22.0 Å². The highest BCUT2D eigenvalue weighted by molar-refractivity contribution is 6.32. The summed E-state index contributed by atoms with van der Waals surface area (Å²) < 4.78 is 2.23. The third-order valence-corrected chi connectivity index (χ3v) is 4.51. The lowest BCUT2D eigenvalue weighted by molar-refractivity contribution is -0.384. The van der Waals surface area contributed by atoms with Crippen molar-refractivity contribution in [3.05, 3.63) is 71.0 Å². The molecular formula is C17H15ClN4O5. The Hall–Kier alpha value is -3.20. The number of nitro groups is 1. The fourth-order valence-corrected chi connectivity index (χ4v) is 3.07. The van der Waals surface area contributed by atoms with Crippen LogP contribution in [-0.4, -0.2) is 19.8 Å². The Labute approximate surface area is 157 Å². The van der Waals surface area contributed by atoms with E-state index in [1.165, 1.54) is 35.9 Å². The van der Waals surface area contributed by atoms with E-state index in [0.29, 0.717) is 18.5 Å². The first kappa shape index (κ1) is 18.6. The number of hydrogen-bond donors (Lipinski definition) is 1. The van der Waals surface area contributed by atoms with Crippen molar-refractivity contribution in [2.75, 3.05) is 5.32 Å². The van der Waals surface area contributed by atoms with Crippen LogP contribution in [0.25, 0.3) is 6.08 Å². The molecule has 0 spiro atoms. The van der Waals surface area contributed by atoms with Crippen LogP contribution in [0.5, 0.6) is 0 Å². The van der Waals surface area contributed by atoms with Crippen LogP contribution in [0.4, 0.5) is 11.5 Å². The number of nitrogens with one attached hydrogen (secondary N) is 1. The molecule has 140 valence electrons. The Morgan fingerprint density at radius 3 is 2.63 bits per heavy atom. The summed E-state index contributed by atoms with van der Waals surface area (Å²) in [6, 6.07) is 4.09. The van der Waals surface area contributed by atoms with Gasteiger partial charge < -0.3 is 5.32 Å². The largest absolute Gasteiger partial charge is 0.338 e. The van der Waals surface area contributed by atoms with Gasteiger partial charge in [0, 0.05) is 19.7 Å². The van der Waals surface area contributed by atoms with Crippen molar-refractivity contribution in [2.45, 2.75) is 19.9 Å². The number of carbonyl (C=O) groups excluding carboxylic acids is 1. The van der Waals surface area contributed by atoms with Gasteiger partial charge in [-0.15, -0.1) is 0 Å². The van der Waals surface area contributed by atoms with Gasteiger partial charge in [-0.2, -0.15) is 0 Å². The molecule has 0 fully saturated rings. The predicted molar refractivity (Wildman–Crippen MR) is 100 cm³/mol. The Balaban J connectivity index is 2.14. The average molecular weight is 391 g/mol. The van der Waals surface area contributed by atoms with Crippen molar-refractivity contribution in [2.24, 2.45) is 7.05 Å². The average Bonchev–Trinajstić information content (AvgIpc) is 2.94. The van der Waals surface area contributed by atoms with Crippen molar-refractivity contribution in [3.8, 4) is 0 Å². The molecule has 0 amide bonds. The molecule has 1 aliphatic heterocycles. The van der Waals surface area contributed by atoms with Crippen LogP contribution < -0.4 is 16.6 Å². The van der Waals surface area contributed by atoms with E-state index in [-0.39, 0.29) is 27.8 Å². The maximum absolute atomic E-state index is 12.7. The summed E-state index contributed by atoms with van der Waals surface area (Å²) >= 11 is 5.79. The van der Waals surface area contributed by atoms with Gasteiger partial charge in [-0.25, -0.2) is 4.79 Å². The number of aromatic nitrogens is 2.